The fraction of sp³-hybridized carbons (Fsp3) is 0.520. The van der Waals surface area contributed by atoms with Crippen LogP contribution in [-0.2, 0) is 9.47 Å². The molecule has 2 aliphatic carbocycles. The van der Waals surface area contributed by atoms with Crippen LogP contribution >= 0.6 is 0 Å². The van der Waals surface area contributed by atoms with E-state index in [9.17, 15) is 9.59 Å². The lowest BCUT2D eigenvalue weighted by atomic mass is 9.89. The number of hydrogen-bond donors (Lipinski definition) is 3. The van der Waals surface area contributed by atoms with Crippen LogP contribution in [0, 0.1) is 0 Å². The number of amides is 1. The SMILES string of the molecule is CNc1cc(Nc2cccn([C@@H]3CCC[C@@H](OC)C3)c2=O)nc2c(C(=O)N[C@H]3CC[C@@H]3OC)cnn12. The van der Waals surface area contributed by atoms with Crippen LogP contribution in [0.15, 0.2) is 35.4 Å². The lowest BCUT2D eigenvalue weighted by Gasteiger charge is -2.35. The van der Waals surface area contributed by atoms with Crippen molar-refractivity contribution in [3.8, 4) is 0 Å². The zero-order chi connectivity index (χ0) is 25.2. The number of anilines is 3. The number of nitrogens with one attached hydrogen (secondary N) is 3. The topological polar surface area (TPSA) is 124 Å². The second-order valence-electron chi connectivity index (χ2n) is 9.44. The Morgan fingerprint density at radius 3 is 2.75 bits per heavy atom. The normalized spacial score (nSPS) is 23.8. The Hall–Kier alpha value is -3.44. The van der Waals surface area contributed by atoms with E-state index >= 15 is 0 Å². The molecular formula is C25H33N7O4. The number of hydrogen-bond acceptors (Lipinski definition) is 8. The number of carbonyl (C=O) groups excluding carboxylic acids is 1. The van der Waals surface area contributed by atoms with E-state index in [-0.39, 0.29) is 35.8 Å². The van der Waals surface area contributed by atoms with Gasteiger partial charge in [-0.25, -0.2) is 4.98 Å². The molecule has 0 spiro atoms. The fourth-order valence-corrected chi connectivity index (χ4v) is 5.15. The van der Waals surface area contributed by atoms with E-state index in [0.717, 1.165) is 38.5 Å². The molecule has 192 valence electrons. The second-order valence-corrected chi connectivity index (χ2v) is 9.44. The summed E-state index contributed by atoms with van der Waals surface area (Å²) in [6.45, 7) is 0. The highest BCUT2D eigenvalue weighted by atomic mass is 16.5. The number of rotatable bonds is 8. The van der Waals surface area contributed by atoms with Crippen molar-refractivity contribution >= 4 is 28.9 Å². The standard InChI is InChI=1S/C25H33N7O4/c1-26-22-13-21(28-19-8-5-11-31(25(19)34)15-6-4-7-16(12-15)35-2)30-23-17(14-27-32(22)23)24(33)29-18-9-10-20(18)36-3/h5,8,11,13-16,18,20,26H,4,6-7,9-10,12H2,1-3H3,(H,28,30)(H,29,33)/t15-,16-,18+,20+/m1/s1. The molecule has 0 aromatic carbocycles. The summed E-state index contributed by atoms with van der Waals surface area (Å²) in [5.74, 6) is 0.815. The number of aromatic nitrogens is 4. The molecule has 2 aliphatic rings. The Morgan fingerprint density at radius 2 is 2.03 bits per heavy atom. The molecule has 0 radical (unpaired) electrons. The number of nitrogens with zero attached hydrogens (tertiary/aromatic N) is 4. The van der Waals surface area contributed by atoms with Gasteiger partial charge >= 0.3 is 0 Å². The molecule has 5 rings (SSSR count). The summed E-state index contributed by atoms with van der Waals surface area (Å²) >= 11 is 0. The van der Waals surface area contributed by atoms with Crippen molar-refractivity contribution in [1.82, 2.24) is 24.5 Å². The summed E-state index contributed by atoms with van der Waals surface area (Å²) < 4.78 is 14.3. The Morgan fingerprint density at radius 1 is 1.17 bits per heavy atom. The molecule has 3 N–H and O–H groups in total. The summed E-state index contributed by atoms with van der Waals surface area (Å²) in [7, 11) is 5.14. The third kappa shape index (κ3) is 4.56. The smallest absolute Gasteiger partial charge is 0.274 e. The van der Waals surface area contributed by atoms with Gasteiger partial charge < -0.3 is 30.0 Å². The third-order valence-corrected chi connectivity index (χ3v) is 7.37. The molecule has 2 fully saturated rings. The Bertz CT molecular complexity index is 1300. The molecule has 2 saturated carbocycles. The molecule has 11 heteroatoms. The van der Waals surface area contributed by atoms with Gasteiger partial charge in [-0.3, -0.25) is 9.59 Å². The van der Waals surface area contributed by atoms with Crippen molar-refractivity contribution in [1.29, 1.82) is 0 Å². The van der Waals surface area contributed by atoms with Gasteiger partial charge in [0.2, 0.25) is 0 Å². The zero-order valence-electron chi connectivity index (χ0n) is 20.9. The lowest BCUT2D eigenvalue weighted by molar-refractivity contribution is 0.00732. The van der Waals surface area contributed by atoms with Gasteiger partial charge in [0, 0.05) is 39.6 Å². The van der Waals surface area contributed by atoms with Crippen LogP contribution in [0.1, 0.15) is 54.9 Å². The predicted molar refractivity (Wildman–Crippen MR) is 136 cm³/mol. The summed E-state index contributed by atoms with van der Waals surface area (Å²) in [4.78, 5) is 31.0. The molecule has 0 bridgehead atoms. The summed E-state index contributed by atoms with van der Waals surface area (Å²) in [5.41, 5.74) is 1.05. The highest BCUT2D eigenvalue weighted by molar-refractivity contribution is 6.00. The van der Waals surface area contributed by atoms with Crippen molar-refractivity contribution in [2.24, 2.45) is 0 Å². The van der Waals surface area contributed by atoms with E-state index in [1.807, 2.05) is 12.3 Å². The first kappa shape index (κ1) is 24.3. The minimum absolute atomic E-state index is 0.0252. The molecular weight excluding hydrogens is 462 g/mol. The first-order valence-electron chi connectivity index (χ1n) is 12.4. The molecule has 1 amide bonds. The number of methoxy groups -OCH3 is 2. The average Bonchev–Trinajstić information content (AvgIpc) is 3.31. The average molecular weight is 496 g/mol. The molecule has 0 saturated heterocycles. The van der Waals surface area contributed by atoms with E-state index in [1.54, 1.807) is 42.5 Å². The van der Waals surface area contributed by atoms with Crippen LogP contribution in [0.5, 0.6) is 0 Å². The maximum Gasteiger partial charge on any atom is 0.274 e. The second kappa shape index (κ2) is 10.3. The molecule has 4 atom stereocenters. The maximum absolute atomic E-state index is 13.4. The first-order valence-corrected chi connectivity index (χ1v) is 12.4. The van der Waals surface area contributed by atoms with Crippen molar-refractivity contribution in [3.63, 3.8) is 0 Å². The van der Waals surface area contributed by atoms with Gasteiger partial charge in [0.15, 0.2) is 5.65 Å². The first-order chi connectivity index (χ1) is 17.5. The predicted octanol–water partition coefficient (Wildman–Crippen LogP) is 2.71. The molecule has 3 heterocycles. The monoisotopic (exact) mass is 495 g/mol. The van der Waals surface area contributed by atoms with E-state index in [4.69, 9.17) is 9.47 Å². The number of fused-ring (bicyclic) bond motifs is 1. The quantitative estimate of drug-likeness (QED) is 0.436. The van der Waals surface area contributed by atoms with Gasteiger partial charge in [0.05, 0.1) is 24.4 Å². The molecule has 0 aliphatic heterocycles. The minimum Gasteiger partial charge on any atom is -0.381 e. The molecule has 0 unspecified atom stereocenters. The van der Waals surface area contributed by atoms with Crippen LogP contribution < -0.4 is 21.5 Å². The van der Waals surface area contributed by atoms with Gasteiger partial charge in [-0.05, 0) is 50.7 Å². The maximum atomic E-state index is 13.4. The van der Waals surface area contributed by atoms with Crippen molar-refractivity contribution in [3.05, 3.63) is 46.5 Å². The molecule has 3 aromatic rings. The zero-order valence-corrected chi connectivity index (χ0v) is 20.9. The van der Waals surface area contributed by atoms with E-state index in [0.29, 0.717) is 28.5 Å². The molecule has 11 nitrogen and oxygen atoms in total. The van der Waals surface area contributed by atoms with Crippen molar-refractivity contribution in [2.45, 2.75) is 62.8 Å². The van der Waals surface area contributed by atoms with Crippen LogP contribution in [-0.4, -0.2) is 64.6 Å². The van der Waals surface area contributed by atoms with E-state index in [2.05, 4.69) is 26.0 Å². The summed E-state index contributed by atoms with van der Waals surface area (Å²) in [5, 5.41) is 13.6. The van der Waals surface area contributed by atoms with Crippen LogP contribution in [0.25, 0.3) is 5.65 Å². The summed E-state index contributed by atoms with van der Waals surface area (Å²) in [6.07, 6.45) is 9.12. The van der Waals surface area contributed by atoms with Crippen LogP contribution in [0.3, 0.4) is 0 Å². The van der Waals surface area contributed by atoms with E-state index in [1.165, 1.54) is 6.20 Å². The van der Waals surface area contributed by atoms with Crippen LogP contribution in [0.2, 0.25) is 0 Å². The third-order valence-electron chi connectivity index (χ3n) is 7.37. The highest BCUT2D eigenvalue weighted by Crippen LogP contribution is 2.29. The fourth-order valence-electron chi connectivity index (χ4n) is 5.15. The number of carbonyl (C=O) groups is 1. The number of ether oxygens (including phenoxy) is 2. The highest BCUT2D eigenvalue weighted by Gasteiger charge is 2.33. The minimum atomic E-state index is -0.254. The largest absolute Gasteiger partial charge is 0.381 e. The number of pyridine rings is 1. The van der Waals surface area contributed by atoms with Crippen LogP contribution in [0.4, 0.5) is 17.3 Å². The van der Waals surface area contributed by atoms with Gasteiger partial charge in [0.25, 0.3) is 11.5 Å². The van der Waals surface area contributed by atoms with Crippen molar-refractivity contribution < 1.29 is 14.3 Å². The lowest BCUT2D eigenvalue weighted by Crippen LogP contribution is -2.51. The Labute approximate surface area is 209 Å². The van der Waals surface area contributed by atoms with Gasteiger partial charge in [-0.2, -0.15) is 9.61 Å². The van der Waals surface area contributed by atoms with Gasteiger partial charge in [-0.15, -0.1) is 0 Å². The Kier molecular flexibility index (Phi) is 6.92. The Balaban J connectivity index is 1.43. The summed E-state index contributed by atoms with van der Waals surface area (Å²) in [6, 6.07) is 5.43. The van der Waals surface area contributed by atoms with Gasteiger partial charge in [-0.1, -0.05) is 0 Å². The van der Waals surface area contributed by atoms with E-state index < -0.39 is 0 Å². The molecule has 3 aromatic heterocycles. The van der Waals surface area contributed by atoms with Gasteiger partial charge in [0.1, 0.15) is 22.9 Å². The van der Waals surface area contributed by atoms with Crippen molar-refractivity contribution in [2.75, 3.05) is 31.9 Å². The molecule has 36 heavy (non-hydrogen) atoms.